The van der Waals surface area contributed by atoms with Crippen molar-refractivity contribution in [3.05, 3.63) is 51.9 Å². The van der Waals surface area contributed by atoms with E-state index in [4.69, 9.17) is 11.6 Å². The summed E-state index contributed by atoms with van der Waals surface area (Å²) in [6.45, 7) is 0. The largest absolute Gasteiger partial charge is 0.306 e. The molecule has 1 aromatic carbocycles. The fourth-order valence-corrected chi connectivity index (χ4v) is 2.77. The van der Waals surface area contributed by atoms with Crippen molar-refractivity contribution in [3.8, 4) is 11.1 Å². The fourth-order valence-electron chi connectivity index (χ4n) is 2.03. The first-order valence-electron chi connectivity index (χ1n) is 6.21. The average molecular weight is 336 g/mol. The predicted octanol–water partition coefficient (Wildman–Crippen LogP) is 2.04. The molecule has 22 heavy (non-hydrogen) atoms. The standard InChI is InChI=1S/C14H10ClN3O3S/c1-22(20,21)14-16-7-8-6-10(13(19)17-12(8)18-14)9-4-2-3-5-11(9)15/h2-7H,1H3,(H,16,17,18,19). The molecule has 0 aliphatic rings. The van der Waals surface area contributed by atoms with Crippen LogP contribution in [0.2, 0.25) is 5.02 Å². The van der Waals surface area contributed by atoms with Gasteiger partial charge >= 0.3 is 0 Å². The second-order valence-corrected chi connectivity index (χ2v) is 7.04. The molecule has 1 N–H and O–H groups in total. The molecule has 112 valence electrons. The Morgan fingerprint density at radius 2 is 1.91 bits per heavy atom. The molecule has 0 aliphatic heterocycles. The van der Waals surface area contributed by atoms with Crippen molar-refractivity contribution in [2.24, 2.45) is 0 Å². The Labute approximate surface area is 130 Å². The Hall–Kier alpha value is -2.25. The van der Waals surface area contributed by atoms with E-state index in [1.807, 2.05) is 0 Å². The molecule has 0 saturated heterocycles. The molecule has 0 bridgehead atoms. The smallest absolute Gasteiger partial charge is 0.257 e. The summed E-state index contributed by atoms with van der Waals surface area (Å²) in [7, 11) is -3.54. The Bertz CT molecular complexity index is 1040. The lowest BCUT2D eigenvalue weighted by Gasteiger charge is -2.05. The maximum absolute atomic E-state index is 12.2. The number of rotatable bonds is 2. The van der Waals surface area contributed by atoms with Crippen LogP contribution in [0.1, 0.15) is 0 Å². The number of halogens is 1. The molecule has 0 spiro atoms. The highest BCUT2D eigenvalue weighted by atomic mass is 35.5. The third-order valence-corrected chi connectivity index (χ3v) is 4.26. The summed E-state index contributed by atoms with van der Waals surface area (Å²) in [4.78, 5) is 22.5. The summed E-state index contributed by atoms with van der Waals surface area (Å²) in [5, 5.41) is 0.629. The number of nitrogens with zero attached hydrogens (tertiary/aromatic N) is 2. The first-order chi connectivity index (χ1) is 10.4. The van der Waals surface area contributed by atoms with E-state index in [9.17, 15) is 13.2 Å². The van der Waals surface area contributed by atoms with Crippen molar-refractivity contribution in [1.29, 1.82) is 0 Å². The van der Waals surface area contributed by atoms with Gasteiger partial charge in [-0.05, 0) is 12.1 Å². The number of benzene rings is 1. The van der Waals surface area contributed by atoms with Crippen molar-refractivity contribution in [3.63, 3.8) is 0 Å². The van der Waals surface area contributed by atoms with Crippen LogP contribution in [-0.4, -0.2) is 29.6 Å². The van der Waals surface area contributed by atoms with E-state index in [0.29, 0.717) is 21.5 Å². The molecule has 0 fully saturated rings. The SMILES string of the molecule is CS(=O)(=O)c1ncc2cc(-c3ccccc3Cl)c(=O)[nH]c2n1. The molecule has 2 heterocycles. The Morgan fingerprint density at radius 3 is 2.59 bits per heavy atom. The van der Waals surface area contributed by atoms with Crippen molar-refractivity contribution < 1.29 is 8.42 Å². The maximum Gasteiger partial charge on any atom is 0.257 e. The normalized spacial score (nSPS) is 11.7. The van der Waals surface area contributed by atoms with Crippen molar-refractivity contribution in [1.82, 2.24) is 15.0 Å². The molecular weight excluding hydrogens is 326 g/mol. The maximum atomic E-state index is 12.2. The third-order valence-electron chi connectivity index (χ3n) is 3.07. The lowest BCUT2D eigenvalue weighted by Crippen LogP contribution is -2.12. The highest BCUT2D eigenvalue weighted by Crippen LogP contribution is 2.26. The zero-order chi connectivity index (χ0) is 15.9. The Kier molecular flexibility index (Phi) is 3.46. The number of fused-ring (bicyclic) bond motifs is 1. The monoisotopic (exact) mass is 335 g/mol. The number of nitrogens with one attached hydrogen (secondary N) is 1. The van der Waals surface area contributed by atoms with Crippen molar-refractivity contribution >= 4 is 32.5 Å². The minimum Gasteiger partial charge on any atom is -0.306 e. The average Bonchev–Trinajstić information content (AvgIpc) is 2.46. The number of hydrogen-bond acceptors (Lipinski definition) is 5. The van der Waals surface area contributed by atoms with Crippen LogP contribution in [-0.2, 0) is 9.84 Å². The minimum atomic E-state index is -3.54. The second kappa shape index (κ2) is 5.19. The summed E-state index contributed by atoms with van der Waals surface area (Å²) in [5.74, 6) is 0. The first kappa shape index (κ1) is 14.7. The van der Waals surface area contributed by atoms with Gasteiger partial charge in [0.1, 0.15) is 5.65 Å². The summed E-state index contributed by atoms with van der Waals surface area (Å²) < 4.78 is 22.9. The molecule has 8 heteroatoms. The molecule has 6 nitrogen and oxygen atoms in total. The van der Waals surface area contributed by atoms with Gasteiger partial charge in [0, 0.05) is 34.0 Å². The Morgan fingerprint density at radius 1 is 1.18 bits per heavy atom. The van der Waals surface area contributed by atoms with Gasteiger partial charge in [-0.3, -0.25) is 4.79 Å². The van der Waals surface area contributed by atoms with Crippen LogP contribution in [0.3, 0.4) is 0 Å². The number of aromatic amines is 1. The van der Waals surface area contributed by atoms with Crippen molar-refractivity contribution in [2.75, 3.05) is 6.26 Å². The van der Waals surface area contributed by atoms with Crippen LogP contribution in [0.25, 0.3) is 22.2 Å². The Balaban J connectivity index is 2.27. The van der Waals surface area contributed by atoms with Gasteiger partial charge in [0.25, 0.3) is 5.56 Å². The second-order valence-electron chi connectivity index (χ2n) is 4.72. The lowest BCUT2D eigenvalue weighted by molar-refractivity contribution is 0.593. The van der Waals surface area contributed by atoms with Gasteiger partial charge in [-0.15, -0.1) is 0 Å². The molecule has 0 amide bonds. The van der Waals surface area contributed by atoms with E-state index >= 15 is 0 Å². The third kappa shape index (κ3) is 2.60. The molecule has 0 atom stereocenters. The molecule has 0 radical (unpaired) electrons. The van der Waals surface area contributed by atoms with E-state index in [1.54, 1.807) is 30.3 Å². The predicted molar refractivity (Wildman–Crippen MR) is 83.7 cm³/mol. The number of H-pyrrole nitrogens is 1. The van der Waals surface area contributed by atoms with Crippen LogP contribution in [0.4, 0.5) is 0 Å². The lowest BCUT2D eigenvalue weighted by atomic mass is 10.1. The van der Waals surface area contributed by atoms with Crippen molar-refractivity contribution in [2.45, 2.75) is 5.16 Å². The molecule has 0 saturated carbocycles. The van der Waals surface area contributed by atoms with Gasteiger partial charge in [-0.2, -0.15) is 0 Å². The first-order valence-corrected chi connectivity index (χ1v) is 8.48. The van der Waals surface area contributed by atoms with Gasteiger partial charge in [-0.25, -0.2) is 18.4 Å². The molecule has 3 rings (SSSR count). The summed E-state index contributed by atoms with van der Waals surface area (Å²) >= 11 is 6.10. The molecular formula is C14H10ClN3O3S. The van der Waals surface area contributed by atoms with Crippen LogP contribution < -0.4 is 5.56 Å². The molecule has 3 aromatic rings. The summed E-state index contributed by atoms with van der Waals surface area (Å²) in [6.07, 6.45) is 2.36. The van der Waals surface area contributed by atoms with E-state index in [1.165, 1.54) is 6.20 Å². The summed E-state index contributed by atoms with van der Waals surface area (Å²) in [5.41, 5.74) is 0.711. The quantitative estimate of drug-likeness (QED) is 0.723. The van der Waals surface area contributed by atoms with Gasteiger partial charge in [-0.1, -0.05) is 29.8 Å². The van der Waals surface area contributed by atoms with Gasteiger partial charge < -0.3 is 4.98 Å². The fraction of sp³-hybridized carbons (Fsp3) is 0.0714. The number of pyridine rings is 1. The zero-order valence-electron chi connectivity index (χ0n) is 11.4. The number of hydrogen-bond donors (Lipinski definition) is 1. The number of sulfone groups is 1. The van der Waals surface area contributed by atoms with Crippen LogP contribution in [0.5, 0.6) is 0 Å². The minimum absolute atomic E-state index is 0.163. The van der Waals surface area contributed by atoms with Gasteiger partial charge in [0.05, 0.1) is 0 Å². The van der Waals surface area contributed by atoms with Crippen LogP contribution in [0.15, 0.2) is 46.5 Å². The molecule has 0 aliphatic carbocycles. The van der Waals surface area contributed by atoms with E-state index in [0.717, 1.165) is 6.26 Å². The van der Waals surface area contributed by atoms with E-state index in [2.05, 4.69) is 15.0 Å². The summed E-state index contributed by atoms with van der Waals surface area (Å²) in [6, 6.07) is 8.53. The molecule has 2 aromatic heterocycles. The van der Waals surface area contributed by atoms with Gasteiger partial charge in [0.2, 0.25) is 15.0 Å². The van der Waals surface area contributed by atoms with E-state index in [-0.39, 0.29) is 10.8 Å². The number of aromatic nitrogens is 3. The highest BCUT2D eigenvalue weighted by molar-refractivity contribution is 7.90. The highest BCUT2D eigenvalue weighted by Gasteiger charge is 2.14. The zero-order valence-corrected chi connectivity index (χ0v) is 12.9. The van der Waals surface area contributed by atoms with Gasteiger partial charge in [0.15, 0.2) is 0 Å². The topological polar surface area (TPSA) is 92.8 Å². The molecule has 0 unspecified atom stereocenters. The van der Waals surface area contributed by atoms with Crippen LogP contribution in [0, 0.1) is 0 Å². The van der Waals surface area contributed by atoms with Crippen LogP contribution >= 0.6 is 11.6 Å². The van der Waals surface area contributed by atoms with E-state index < -0.39 is 15.4 Å².